The van der Waals surface area contributed by atoms with Crippen molar-refractivity contribution in [3.63, 3.8) is 0 Å². The number of hydrogen-bond donors (Lipinski definition) is 1. The lowest BCUT2D eigenvalue weighted by atomic mass is 10.1. The summed E-state index contributed by atoms with van der Waals surface area (Å²) < 4.78 is 17.4. The molecule has 7 heteroatoms. The van der Waals surface area contributed by atoms with Gasteiger partial charge in [-0.15, -0.1) is 0 Å². The Hall–Kier alpha value is -4.39. The minimum absolute atomic E-state index is 0.0160. The number of carbonyl (C=O) groups excluding carboxylic acids is 3. The number of rotatable bonds is 28. The molecule has 0 spiro atoms. The summed E-state index contributed by atoms with van der Waals surface area (Å²) in [7, 11) is 0. The Bertz CT molecular complexity index is 1530. The van der Waals surface area contributed by atoms with Gasteiger partial charge in [0.15, 0.2) is 5.78 Å². The third-order valence-corrected chi connectivity index (χ3v) is 9.29. The largest absolute Gasteiger partial charge is 0.508 e. The van der Waals surface area contributed by atoms with Crippen molar-refractivity contribution in [3.8, 4) is 23.0 Å². The minimum atomic E-state index is -0.373. The van der Waals surface area contributed by atoms with Crippen LogP contribution in [0.2, 0.25) is 0 Å². The van der Waals surface area contributed by atoms with Crippen LogP contribution in [-0.4, -0.2) is 22.8 Å². The lowest BCUT2D eigenvalue weighted by Gasteiger charge is -2.12. The van der Waals surface area contributed by atoms with Crippen LogP contribution in [0.15, 0.2) is 72.8 Å². The van der Waals surface area contributed by atoms with Gasteiger partial charge in [-0.25, -0.2) is 0 Å². The fourth-order valence-corrected chi connectivity index (χ4v) is 6.14. The molecule has 0 aliphatic rings. The maximum atomic E-state index is 13.4. The van der Waals surface area contributed by atoms with E-state index in [1.165, 1.54) is 101 Å². The van der Waals surface area contributed by atoms with Gasteiger partial charge in [0.05, 0.1) is 5.56 Å². The van der Waals surface area contributed by atoms with E-state index in [0.29, 0.717) is 12.0 Å². The molecule has 3 rings (SSSR count). The van der Waals surface area contributed by atoms with Crippen molar-refractivity contribution in [2.24, 2.45) is 0 Å². The lowest BCUT2D eigenvalue weighted by molar-refractivity contribution is -0.135. The van der Waals surface area contributed by atoms with E-state index in [-0.39, 0.29) is 59.3 Å². The van der Waals surface area contributed by atoms with Gasteiger partial charge in [0.2, 0.25) is 0 Å². The van der Waals surface area contributed by atoms with E-state index in [0.717, 1.165) is 44.1 Å². The average molecular weight is 727 g/mol. The van der Waals surface area contributed by atoms with Gasteiger partial charge >= 0.3 is 11.9 Å². The first-order valence-electron chi connectivity index (χ1n) is 20.2. The van der Waals surface area contributed by atoms with Crippen LogP contribution < -0.4 is 14.2 Å². The monoisotopic (exact) mass is 726 g/mol. The van der Waals surface area contributed by atoms with Crippen LogP contribution >= 0.6 is 0 Å². The highest BCUT2D eigenvalue weighted by molar-refractivity contribution is 6.09. The van der Waals surface area contributed by atoms with E-state index in [2.05, 4.69) is 13.8 Å². The van der Waals surface area contributed by atoms with E-state index in [4.69, 9.17) is 14.2 Å². The second kappa shape index (κ2) is 26.4. The van der Waals surface area contributed by atoms with Gasteiger partial charge in [0.25, 0.3) is 0 Å². The number of unbranched alkanes of at least 4 members (excludes halogenated alkanes) is 16. The summed E-state index contributed by atoms with van der Waals surface area (Å²) >= 11 is 0. The van der Waals surface area contributed by atoms with Crippen molar-refractivity contribution < 1.29 is 33.7 Å². The molecule has 0 saturated heterocycles. The number of benzene rings is 3. The van der Waals surface area contributed by atoms with Gasteiger partial charge in [-0.2, -0.15) is 0 Å². The molecule has 3 aromatic carbocycles. The third kappa shape index (κ3) is 18.3. The Labute approximate surface area is 318 Å². The van der Waals surface area contributed by atoms with Gasteiger partial charge < -0.3 is 19.3 Å². The van der Waals surface area contributed by atoms with Crippen molar-refractivity contribution in [2.45, 2.75) is 149 Å². The topological polar surface area (TPSA) is 99.1 Å². The van der Waals surface area contributed by atoms with E-state index in [1.54, 1.807) is 24.3 Å². The number of carbonyl (C=O) groups is 3. The molecule has 7 nitrogen and oxygen atoms in total. The summed E-state index contributed by atoms with van der Waals surface area (Å²) in [6.45, 7) is 4.67. The molecule has 0 saturated carbocycles. The van der Waals surface area contributed by atoms with Gasteiger partial charge in [-0.3, -0.25) is 14.4 Å². The van der Waals surface area contributed by atoms with Crippen LogP contribution in [-0.2, 0) is 16.2 Å². The number of aromatic hydroxyl groups is 1. The number of allylic oxidation sites excluding steroid dienone is 1. The molecule has 0 radical (unpaired) electrons. The maximum absolute atomic E-state index is 13.4. The van der Waals surface area contributed by atoms with Gasteiger partial charge in [-0.05, 0) is 54.8 Å². The number of phenols is 1. The Morgan fingerprint density at radius 1 is 0.585 bits per heavy atom. The van der Waals surface area contributed by atoms with Gasteiger partial charge in [0, 0.05) is 30.5 Å². The first kappa shape index (κ1) is 43.0. The SMILES string of the molecule is CCCCCCCCCCCC(=O)Oc1ccc(C=CC(=O)c2ccc(O)cc2OCc2ccccc2)c(OC(=O)CCCCCCCCCCC)c1. The fourth-order valence-electron chi connectivity index (χ4n) is 6.14. The fraction of sp³-hybridized carbons (Fsp3) is 0.500. The predicted octanol–water partition coefficient (Wildman–Crippen LogP) is 12.5. The van der Waals surface area contributed by atoms with Crippen LogP contribution in [0, 0.1) is 0 Å². The Morgan fingerprint density at radius 2 is 1.13 bits per heavy atom. The Morgan fingerprint density at radius 3 is 1.72 bits per heavy atom. The molecular formula is C46H62O7. The van der Waals surface area contributed by atoms with E-state index in [9.17, 15) is 19.5 Å². The van der Waals surface area contributed by atoms with Crippen molar-refractivity contribution >= 4 is 23.8 Å². The highest BCUT2D eigenvalue weighted by atomic mass is 16.5. The number of phenolic OH excluding ortho intramolecular Hbond substituents is 1. The molecule has 0 unspecified atom stereocenters. The normalized spacial score (nSPS) is 11.1. The second-order valence-electron chi connectivity index (χ2n) is 14.0. The standard InChI is InChI=1S/C46H62O7/c1-3-5-7-9-11-13-15-17-22-26-45(49)52-40-31-28-38(43(35-40)53-46(50)27-23-18-16-14-12-10-8-6-4-2)29-33-42(48)41-32-30-39(47)34-44(41)51-36-37-24-20-19-21-25-37/h19-21,24-25,28-35,47H,3-18,22-23,26-27,36H2,1-2H3. The molecule has 0 heterocycles. The Kier molecular flexibility index (Phi) is 21.4. The van der Waals surface area contributed by atoms with Crippen LogP contribution in [0.1, 0.15) is 164 Å². The van der Waals surface area contributed by atoms with Crippen LogP contribution in [0.25, 0.3) is 6.08 Å². The van der Waals surface area contributed by atoms with Crippen molar-refractivity contribution in [1.82, 2.24) is 0 Å². The second-order valence-corrected chi connectivity index (χ2v) is 14.0. The number of esters is 2. The zero-order valence-electron chi connectivity index (χ0n) is 32.3. The van der Waals surface area contributed by atoms with Crippen molar-refractivity contribution in [2.75, 3.05) is 0 Å². The zero-order chi connectivity index (χ0) is 37.9. The minimum Gasteiger partial charge on any atom is -0.508 e. The van der Waals surface area contributed by atoms with E-state index < -0.39 is 0 Å². The van der Waals surface area contributed by atoms with Gasteiger partial charge in [0.1, 0.15) is 29.6 Å². The quantitative estimate of drug-likeness (QED) is 0.0261. The predicted molar refractivity (Wildman–Crippen MR) is 214 cm³/mol. The average Bonchev–Trinajstić information content (AvgIpc) is 3.15. The summed E-state index contributed by atoms with van der Waals surface area (Å²) in [6.07, 6.45) is 24.3. The molecule has 0 amide bonds. The summed E-state index contributed by atoms with van der Waals surface area (Å²) in [4.78, 5) is 39.1. The first-order valence-corrected chi connectivity index (χ1v) is 20.2. The van der Waals surface area contributed by atoms with Gasteiger partial charge in [-0.1, -0.05) is 147 Å². The summed E-state index contributed by atoms with van der Waals surface area (Å²) in [6, 6.07) is 18.8. The number of hydrogen-bond acceptors (Lipinski definition) is 7. The molecule has 0 atom stereocenters. The molecule has 1 N–H and O–H groups in total. The Balaban J connectivity index is 1.63. The molecule has 0 aliphatic carbocycles. The highest BCUT2D eigenvalue weighted by Gasteiger charge is 2.15. The van der Waals surface area contributed by atoms with Crippen LogP contribution in [0.3, 0.4) is 0 Å². The maximum Gasteiger partial charge on any atom is 0.311 e. The molecule has 3 aromatic rings. The highest BCUT2D eigenvalue weighted by Crippen LogP contribution is 2.30. The van der Waals surface area contributed by atoms with Crippen LogP contribution in [0.4, 0.5) is 0 Å². The molecule has 53 heavy (non-hydrogen) atoms. The molecule has 0 aromatic heterocycles. The molecule has 288 valence electrons. The van der Waals surface area contributed by atoms with Crippen molar-refractivity contribution in [1.29, 1.82) is 0 Å². The smallest absolute Gasteiger partial charge is 0.311 e. The van der Waals surface area contributed by atoms with E-state index >= 15 is 0 Å². The number of ketones is 1. The first-order chi connectivity index (χ1) is 25.9. The van der Waals surface area contributed by atoms with Crippen molar-refractivity contribution in [3.05, 3.63) is 89.5 Å². The summed E-state index contributed by atoms with van der Waals surface area (Å²) in [5, 5.41) is 10.1. The third-order valence-electron chi connectivity index (χ3n) is 9.29. The molecule has 0 aliphatic heterocycles. The molecule has 0 fully saturated rings. The molecular weight excluding hydrogens is 664 g/mol. The van der Waals surface area contributed by atoms with Crippen LogP contribution in [0.5, 0.6) is 23.0 Å². The number of ether oxygens (including phenoxy) is 3. The zero-order valence-corrected chi connectivity index (χ0v) is 32.3. The lowest BCUT2D eigenvalue weighted by Crippen LogP contribution is -2.10. The molecule has 0 bridgehead atoms. The summed E-state index contributed by atoms with van der Waals surface area (Å²) in [5.74, 6) is -0.305. The summed E-state index contributed by atoms with van der Waals surface area (Å²) in [5.41, 5.74) is 1.69. The van der Waals surface area contributed by atoms with E-state index in [1.807, 2.05) is 30.3 Å².